The Morgan fingerprint density at radius 3 is 2.77 bits per heavy atom. The maximum absolute atomic E-state index is 12.5. The fourth-order valence-corrected chi connectivity index (χ4v) is 4.06. The average molecular weight is 372 g/mol. The third-order valence-electron chi connectivity index (χ3n) is 3.05. The SMILES string of the molecule is Cc1oc(-c2cccs2)nc1C[S@](=O)c1ccc(Cl)c(Cl)c1. The first-order chi connectivity index (χ1) is 10.5. The summed E-state index contributed by atoms with van der Waals surface area (Å²) in [5.74, 6) is 1.52. The number of aromatic nitrogens is 1. The van der Waals surface area contributed by atoms with Crippen LogP contribution in [0.5, 0.6) is 0 Å². The van der Waals surface area contributed by atoms with Gasteiger partial charge in [0.15, 0.2) is 0 Å². The minimum Gasteiger partial charge on any atom is -0.440 e. The summed E-state index contributed by atoms with van der Waals surface area (Å²) in [5.41, 5.74) is 0.688. The molecule has 114 valence electrons. The monoisotopic (exact) mass is 371 g/mol. The molecule has 3 rings (SSSR count). The van der Waals surface area contributed by atoms with Crippen LogP contribution in [0, 0.1) is 6.92 Å². The number of hydrogen-bond acceptors (Lipinski definition) is 4. The van der Waals surface area contributed by atoms with Gasteiger partial charge in [0.05, 0.1) is 37.2 Å². The first-order valence-corrected chi connectivity index (χ1v) is 9.33. The lowest BCUT2D eigenvalue weighted by Gasteiger charge is -2.02. The van der Waals surface area contributed by atoms with Crippen LogP contribution in [-0.2, 0) is 16.6 Å². The van der Waals surface area contributed by atoms with Crippen molar-refractivity contribution in [2.45, 2.75) is 17.6 Å². The van der Waals surface area contributed by atoms with Gasteiger partial charge >= 0.3 is 0 Å². The van der Waals surface area contributed by atoms with Crippen molar-refractivity contribution in [2.24, 2.45) is 0 Å². The molecule has 0 amide bonds. The number of nitrogens with zero attached hydrogens (tertiary/aromatic N) is 1. The first kappa shape index (κ1) is 15.7. The molecule has 1 atom stereocenters. The quantitative estimate of drug-likeness (QED) is 0.622. The lowest BCUT2D eigenvalue weighted by atomic mass is 10.4. The largest absolute Gasteiger partial charge is 0.440 e. The summed E-state index contributed by atoms with van der Waals surface area (Å²) in [6.45, 7) is 1.82. The van der Waals surface area contributed by atoms with Crippen LogP contribution < -0.4 is 0 Å². The van der Waals surface area contributed by atoms with Gasteiger partial charge in [-0.2, -0.15) is 0 Å². The summed E-state index contributed by atoms with van der Waals surface area (Å²) in [6, 6.07) is 8.85. The van der Waals surface area contributed by atoms with Gasteiger partial charge in [-0.1, -0.05) is 29.3 Å². The van der Waals surface area contributed by atoms with Crippen LogP contribution >= 0.6 is 34.5 Å². The number of hydrogen-bond donors (Lipinski definition) is 0. The Kier molecular flexibility index (Phi) is 4.68. The summed E-state index contributed by atoms with van der Waals surface area (Å²) in [4.78, 5) is 6.02. The molecule has 1 aromatic carbocycles. The highest BCUT2D eigenvalue weighted by Crippen LogP contribution is 2.28. The molecular formula is C15H11Cl2NO2S2. The van der Waals surface area contributed by atoms with Crippen molar-refractivity contribution in [3.8, 4) is 10.8 Å². The van der Waals surface area contributed by atoms with Crippen LogP contribution in [0.25, 0.3) is 10.8 Å². The van der Waals surface area contributed by atoms with E-state index in [0.717, 1.165) is 4.88 Å². The Morgan fingerprint density at radius 1 is 1.27 bits per heavy atom. The molecule has 0 bridgehead atoms. The molecule has 0 N–H and O–H groups in total. The van der Waals surface area contributed by atoms with Crippen molar-refractivity contribution in [1.82, 2.24) is 4.98 Å². The van der Waals surface area contributed by atoms with Crippen LogP contribution in [0.1, 0.15) is 11.5 Å². The molecule has 0 fully saturated rings. The van der Waals surface area contributed by atoms with Crippen LogP contribution in [-0.4, -0.2) is 9.19 Å². The molecule has 2 heterocycles. The van der Waals surface area contributed by atoms with Crippen molar-refractivity contribution in [1.29, 1.82) is 0 Å². The third-order valence-corrected chi connectivity index (χ3v) is 5.96. The molecule has 0 saturated carbocycles. The highest BCUT2D eigenvalue weighted by molar-refractivity contribution is 7.84. The lowest BCUT2D eigenvalue weighted by Crippen LogP contribution is -1.98. The number of halogens is 2. The Balaban J connectivity index is 1.83. The topological polar surface area (TPSA) is 43.1 Å². The van der Waals surface area contributed by atoms with Gasteiger partial charge in [0, 0.05) is 4.90 Å². The second kappa shape index (κ2) is 6.54. The van der Waals surface area contributed by atoms with Crippen molar-refractivity contribution in [2.75, 3.05) is 0 Å². The normalized spacial score (nSPS) is 12.5. The molecule has 0 spiro atoms. The molecule has 3 nitrogen and oxygen atoms in total. The molecular weight excluding hydrogens is 361 g/mol. The number of rotatable bonds is 4. The Labute approximate surface area is 144 Å². The minimum atomic E-state index is -1.26. The van der Waals surface area contributed by atoms with Gasteiger partial charge < -0.3 is 4.42 Å². The Morgan fingerprint density at radius 2 is 2.09 bits per heavy atom. The molecule has 0 aliphatic carbocycles. The van der Waals surface area contributed by atoms with Gasteiger partial charge in [-0.25, -0.2) is 4.98 Å². The summed E-state index contributed by atoms with van der Waals surface area (Å²) in [6.07, 6.45) is 0. The van der Waals surface area contributed by atoms with Gasteiger partial charge in [-0.15, -0.1) is 11.3 Å². The number of aryl methyl sites for hydroxylation is 1. The summed E-state index contributed by atoms with van der Waals surface area (Å²) in [7, 11) is -1.26. The second-order valence-electron chi connectivity index (χ2n) is 4.56. The molecule has 0 unspecified atom stereocenters. The zero-order valence-corrected chi connectivity index (χ0v) is 14.7. The molecule has 0 radical (unpaired) electrons. The van der Waals surface area contributed by atoms with E-state index >= 15 is 0 Å². The zero-order chi connectivity index (χ0) is 15.7. The molecule has 3 aromatic rings. The standard InChI is InChI=1S/C15H11Cl2NO2S2/c1-9-13(18-15(20-9)14-3-2-6-21-14)8-22(19)10-4-5-11(16)12(17)7-10/h2-7H,8H2,1H3/t22-/m0/s1. The third kappa shape index (κ3) is 3.27. The molecule has 2 aromatic heterocycles. The predicted molar refractivity (Wildman–Crippen MR) is 91.1 cm³/mol. The maximum Gasteiger partial charge on any atom is 0.236 e. The molecule has 7 heteroatoms. The Bertz CT molecular complexity index is 828. The van der Waals surface area contributed by atoms with Gasteiger partial charge in [-0.3, -0.25) is 4.21 Å². The van der Waals surface area contributed by atoms with Crippen molar-refractivity contribution in [3.05, 3.63) is 57.2 Å². The van der Waals surface area contributed by atoms with Crippen molar-refractivity contribution < 1.29 is 8.63 Å². The van der Waals surface area contributed by atoms with Gasteiger partial charge in [0.25, 0.3) is 0 Å². The van der Waals surface area contributed by atoms with E-state index in [2.05, 4.69) is 4.98 Å². The van der Waals surface area contributed by atoms with Gasteiger partial charge in [0.2, 0.25) is 5.89 Å². The van der Waals surface area contributed by atoms with Crippen LogP contribution in [0.15, 0.2) is 45.0 Å². The molecule has 0 aliphatic rings. The van der Waals surface area contributed by atoms with E-state index in [1.165, 1.54) is 0 Å². The summed E-state index contributed by atoms with van der Waals surface area (Å²) < 4.78 is 18.1. The van der Waals surface area contributed by atoms with E-state index in [1.807, 2.05) is 24.4 Å². The van der Waals surface area contributed by atoms with Gasteiger partial charge in [-0.05, 0) is 36.6 Å². The molecule has 0 aliphatic heterocycles. The smallest absolute Gasteiger partial charge is 0.236 e. The lowest BCUT2D eigenvalue weighted by molar-refractivity contribution is 0.541. The maximum atomic E-state index is 12.5. The fraction of sp³-hybridized carbons (Fsp3) is 0.133. The van der Waals surface area contributed by atoms with E-state index < -0.39 is 10.8 Å². The highest BCUT2D eigenvalue weighted by Gasteiger charge is 2.16. The molecule has 22 heavy (non-hydrogen) atoms. The van der Waals surface area contributed by atoms with Crippen LogP contribution in [0.4, 0.5) is 0 Å². The predicted octanol–water partition coefficient (Wildman–Crippen LogP) is 5.33. The van der Waals surface area contributed by atoms with E-state index in [4.69, 9.17) is 27.6 Å². The highest BCUT2D eigenvalue weighted by atomic mass is 35.5. The number of benzene rings is 1. The minimum absolute atomic E-state index is 0.276. The van der Waals surface area contributed by atoms with Crippen molar-refractivity contribution >= 4 is 45.3 Å². The number of oxazole rings is 1. The summed E-state index contributed by atoms with van der Waals surface area (Å²) in [5, 5.41) is 2.80. The van der Waals surface area contributed by atoms with Crippen molar-refractivity contribution in [3.63, 3.8) is 0 Å². The zero-order valence-electron chi connectivity index (χ0n) is 11.5. The Hall–Kier alpha value is -1.14. The van der Waals surface area contributed by atoms with Crippen LogP contribution in [0.3, 0.4) is 0 Å². The van der Waals surface area contributed by atoms with Crippen LogP contribution in [0.2, 0.25) is 10.0 Å². The summed E-state index contributed by atoms with van der Waals surface area (Å²) >= 11 is 13.4. The fourth-order valence-electron chi connectivity index (χ4n) is 1.89. The second-order valence-corrected chi connectivity index (χ2v) is 7.78. The number of thiophene rings is 1. The van der Waals surface area contributed by atoms with E-state index in [0.29, 0.717) is 32.3 Å². The first-order valence-electron chi connectivity index (χ1n) is 6.38. The average Bonchev–Trinajstić information content (AvgIpc) is 3.12. The molecule has 0 saturated heterocycles. The van der Waals surface area contributed by atoms with E-state index in [1.54, 1.807) is 29.5 Å². The van der Waals surface area contributed by atoms with Gasteiger partial charge in [0.1, 0.15) is 5.76 Å². The van der Waals surface area contributed by atoms with E-state index in [-0.39, 0.29) is 5.75 Å². The van der Waals surface area contributed by atoms with E-state index in [9.17, 15) is 4.21 Å².